The standard InChI is InChI=1S/C19H32N4O9S/c1-9(2)15(19(31)32)23-18(30)12(6-7-33-3)22-17(29)11(4-5-13(24)25)21-16(28)10(20)8-14(26)27/h9-12,15H,4-8,20H2,1-3H3,(H,21,28)(H,22,29)(H,23,30)(H,24,25)(H,26,27)(H,31,32). The monoisotopic (exact) mass is 492 g/mol. The molecule has 8 N–H and O–H groups in total. The third kappa shape index (κ3) is 12.1. The molecule has 0 aliphatic heterocycles. The minimum Gasteiger partial charge on any atom is -0.481 e. The van der Waals surface area contributed by atoms with Gasteiger partial charge in [-0.1, -0.05) is 13.8 Å². The van der Waals surface area contributed by atoms with Crippen LogP contribution in [-0.4, -0.2) is 87.1 Å². The van der Waals surface area contributed by atoms with Crippen LogP contribution in [0.25, 0.3) is 0 Å². The molecule has 0 aliphatic carbocycles. The fourth-order valence-electron chi connectivity index (χ4n) is 2.64. The molecular weight excluding hydrogens is 460 g/mol. The van der Waals surface area contributed by atoms with Gasteiger partial charge in [0.1, 0.15) is 18.1 Å². The molecular formula is C19H32N4O9S. The molecule has 14 heteroatoms. The lowest BCUT2D eigenvalue weighted by Crippen LogP contribution is -2.57. The van der Waals surface area contributed by atoms with Crippen molar-refractivity contribution in [2.45, 2.75) is 63.7 Å². The Bertz CT molecular complexity index is 732. The zero-order valence-electron chi connectivity index (χ0n) is 18.7. The van der Waals surface area contributed by atoms with Crippen LogP contribution in [0.5, 0.6) is 0 Å². The average Bonchev–Trinajstić information content (AvgIpc) is 2.70. The van der Waals surface area contributed by atoms with Gasteiger partial charge >= 0.3 is 17.9 Å². The Morgan fingerprint density at radius 1 is 0.818 bits per heavy atom. The average molecular weight is 493 g/mol. The van der Waals surface area contributed by atoms with E-state index >= 15 is 0 Å². The van der Waals surface area contributed by atoms with E-state index in [1.54, 1.807) is 20.1 Å². The Hall–Kier alpha value is -2.87. The summed E-state index contributed by atoms with van der Waals surface area (Å²) in [4.78, 5) is 70.7. The van der Waals surface area contributed by atoms with Crippen LogP contribution in [0, 0.1) is 5.92 Å². The van der Waals surface area contributed by atoms with Crippen molar-refractivity contribution in [3.05, 3.63) is 0 Å². The number of carbonyl (C=O) groups is 6. The Labute approximate surface area is 195 Å². The third-order valence-electron chi connectivity index (χ3n) is 4.49. The maximum atomic E-state index is 12.8. The molecule has 0 aromatic carbocycles. The zero-order chi connectivity index (χ0) is 25.7. The number of amides is 3. The number of nitrogens with one attached hydrogen (secondary N) is 3. The molecule has 0 bridgehead atoms. The van der Waals surface area contributed by atoms with Crippen molar-refractivity contribution in [2.24, 2.45) is 11.7 Å². The van der Waals surface area contributed by atoms with Crippen LogP contribution in [-0.2, 0) is 28.8 Å². The Morgan fingerprint density at radius 3 is 1.79 bits per heavy atom. The van der Waals surface area contributed by atoms with Gasteiger partial charge in [-0.05, 0) is 30.8 Å². The van der Waals surface area contributed by atoms with Crippen molar-refractivity contribution >= 4 is 47.4 Å². The number of thioether (sulfide) groups is 1. The van der Waals surface area contributed by atoms with Crippen LogP contribution in [0.1, 0.15) is 39.5 Å². The summed E-state index contributed by atoms with van der Waals surface area (Å²) in [6.07, 6.45) is 0.367. The van der Waals surface area contributed by atoms with Crippen molar-refractivity contribution in [3.63, 3.8) is 0 Å². The molecule has 188 valence electrons. The number of nitrogens with two attached hydrogens (primary N) is 1. The molecule has 3 amide bonds. The van der Waals surface area contributed by atoms with Gasteiger partial charge in [0.05, 0.1) is 12.5 Å². The van der Waals surface area contributed by atoms with Gasteiger partial charge < -0.3 is 37.0 Å². The SMILES string of the molecule is CSCCC(NC(=O)C(CCC(=O)O)NC(=O)C(N)CC(=O)O)C(=O)NC(C(=O)O)C(C)C. The molecule has 4 unspecified atom stereocenters. The maximum Gasteiger partial charge on any atom is 0.326 e. The fourth-order valence-corrected chi connectivity index (χ4v) is 3.11. The van der Waals surface area contributed by atoms with Gasteiger partial charge in [0.2, 0.25) is 17.7 Å². The first-order valence-electron chi connectivity index (χ1n) is 10.1. The van der Waals surface area contributed by atoms with Crippen LogP contribution >= 0.6 is 11.8 Å². The van der Waals surface area contributed by atoms with Crippen LogP contribution in [0.15, 0.2) is 0 Å². The van der Waals surface area contributed by atoms with Gasteiger partial charge in [0, 0.05) is 6.42 Å². The first-order chi connectivity index (χ1) is 15.3. The molecule has 0 rings (SSSR count). The summed E-state index contributed by atoms with van der Waals surface area (Å²) in [5, 5.41) is 34.0. The summed E-state index contributed by atoms with van der Waals surface area (Å²) in [7, 11) is 0. The number of carbonyl (C=O) groups excluding carboxylic acids is 3. The van der Waals surface area contributed by atoms with Crippen molar-refractivity contribution in [1.82, 2.24) is 16.0 Å². The minimum atomic E-state index is -1.47. The highest BCUT2D eigenvalue weighted by atomic mass is 32.2. The molecule has 4 atom stereocenters. The second kappa shape index (κ2) is 15.1. The lowest BCUT2D eigenvalue weighted by Gasteiger charge is -2.25. The fraction of sp³-hybridized carbons (Fsp3) is 0.684. The number of hydrogen-bond donors (Lipinski definition) is 7. The van der Waals surface area contributed by atoms with Crippen molar-refractivity contribution in [3.8, 4) is 0 Å². The number of hydrogen-bond acceptors (Lipinski definition) is 8. The predicted molar refractivity (Wildman–Crippen MR) is 118 cm³/mol. The summed E-state index contributed by atoms with van der Waals surface area (Å²) in [6, 6.07) is -5.22. The highest BCUT2D eigenvalue weighted by Crippen LogP contribution is 2.07. The van der Waals surface area contributed by atoms with E-state index in [9.17, 15) is 33.9 Å². The van der Waals surface area contributed by atoms with Crippen molar-refractivity contribution in [2.75, 3.05) is 12.0 Å². The smallest absolute Gasteiger partial charge is 0.326 e. The highest BCUT2D eigenvalue weighted by Gasteiger charge is 2.31. The number of carboxylic acids is 3. The quantitative estimate of drug-likeness (QED) is 0.133. The van der Waals surface area contributed by atoms with E-state index in [-0.39, 0.29) is 12.8 Å². The predicted octanol–water partition coefficient (Wildman–Crippen LogP) is -1.40. The third-order valence-corrected chi connectivity index (χ3v) is 5.13. The van der Waals surface area contributed by atoms with Crippen LogP contribution in [0.2, 0.25) is 0 Å². The van der Waals surface area contributed by atoms with E-state index in [1.165, 1.54) is 11.8 Å². The summed E-state index contributed by atoms with van der Waals surface area (Å²) in [5.74, 6) is -6.42. The van der Waals surface area contributed by atoms with Gasteiger partial charge in [-0.2, -0.15) is 11.8 Å². The van der Waals surface area contributed by atoms with Gasteiger partial charge in [-0.3, -0.25) is 24.0 Å². The van der Waals surface area contributed by atoms with E-state index in [1.807, 2.05) is 0 Å². The molecule has 0 saturated carbocycles. The second-order valence-electron chi connectivity index (χ2n) is 7.61. The largest absolute Gasteiger partial charge is 0.481 e. The molecule has 0 spiro atoms. The zero-order valence-corrected chi connectivity index (χ0v) is 19.5. The first-order valence-corrected chi connectivity index (χ1v) is 11.5. The molecule has 33 heavy (non-hydrogen) atoms. The van der Waals surface area contributed by atoms with Crippen LogP contribution in [0.3, 0.4) is 0 Å². The van der Waals surface area contributed by atoms with Gasteiger partial charge in [-0.25, -0.2) is 4.79 Å². The summed E-state index contributed by atoms with van der Waals surface area (Å²) in [5.41, 5.74) is 5.49. The molecule has 0 aliphatic rings. The van der Waals surface area contributed by atoms with Crippen molar-refractivity contribution < 1.29 is 44.1 Å². The van der Waals surface area contributed by atoms with Gasteiger partial charge in [0.15, 0.2) is 0 Å². The molecule has 0 fully saturated rings. The first kappa shape index (κ1) is 30.1. The molecule has 0 heterocycles. The van der Waals surface area contributed by atoms with Crippen LogP contribution in [0.4, 0.5) is 0 Å². The minimum absolute atomic E-state index is 0.140. The van der Waals surface area contributed by atoms with E-state index < -0.39 is 78.6 Å². The summed E-state index contributed by atoms with van der Waals surface area (Å²) >= 11 is 1.38. The lowest BCUT2D eigenvalue weighted by atomic mass is 10.0. The molecule has 0 aromatic rings. The summed E-state index contributed by atoms with van der Waals surface area (Å²) < 4.78 is 0. The van der Waals surface area contributed by atoms with Crippen LogP contribution < -0.4 is 21.7 Å². The number of aliphatic carboxylic acids is 3. The molecule has 0 radical (unpaired) electrons. The number of rotatable bonds is 16. The molecule has 13 nitrogen and oxygen atoms in total. The summed E-state index contributed by atoms with van der Waals surface area (Å²) in [6.45, 7) is 3.21. The van der Waals surface area contributed by atoms with E-state index in [0.29, 0.717) is 5.75 Å². The highest BCUT2D eigenvalue weighted by molar-refractivity contribution is 7.98. The maximum absolute atomic E-state index is 12.8. The molecule has 0 saturated heterocycles. The number of carboxylic acid groups (broad SMARTS) is 3. The van der Waals surface area contributed by atoms with E-state index in [4.69, 9.17) is 15.9 Å². The lowest BCUT2D eigenvalue weighted by molar-refractivity contribution is -0.143. The Balaban J connectivity index is 5.52. The van der Waals surface area contributed by atoms with Gasteiger partial charge in [0.25, 0.3) is 0 Å². The van der Waals surface area contributed by atoms with Gasteiger partial charge in [-0.15, -0.1) is 0 Å². The Morgan fingerprint density at radius 2 is 1.33 bits per heavy atom. The molecule has 0 aromatic heterocycles. The second-order valence-corrected chi connectivity index (χ2v) is 8.59. The van der Waals surface area contributed by atoms with E-state index in [2.05, 4.69) is 16.0 Å². The Kier molecular flexibility index (Phi) is 13.7. The topological polar surface area (TPSA) is 225 Å². The normalized spacial score (nSPS) is 14.5. The van der Waals surface area contributed by atoms with Crippen molar-refractivity contribution in [1.29, 1.82) is 0 Å². The van der Waals surface area contributed by atoms with E-state index in [0.717, 1.165) is 0 Å².